The normalized spacial score (nSPS) is 10.1. The summed E-state index contributed by atoms with van der Waals surface area (Å²) in [5, 5.41) is 4.19. The number of carbonyl (C=O) groups is 1. The Labute approximate surface area is 100 Å². The number of aromatic nitrogens is 2. The van der Waals surface area contributed by atoms with E-state index in [9.17, 15) is 4.79 Å². The predicted octanol–water partition coefficient (Wildman–Crippen LogP) is -0.110. The summed E-state index contributed by atoms with van der Waals surface area (Å²) < 4.78 is 1.93. The molecule has 5 nitrogen and oxygen atoms in total. The van der Waals surface area contributed by atoms with Crippen molar-refractivity contribution in [2.45, 2.75) is 19.4 Å². The fraction of sp³-hybridized carbons (Fsp3) is 0.500. The second-order valence-corrected chi connectivity index (χ2v) is 3.70. The van der Waals surface area contributed by atoms with Crippen LogP contribution >= 0.6 is 12.2 Å². The van der Waals surface area contributed by atoms with Gasteiger partial charge < -0.3 is 15.6 Å². The molecule has 88 valence electrons. The zero-order valence-electron chi connectivity index (χ0n) is 9.06. The fourth-order valence-corrected chi connectivity index (χ4v) is 1.43. The maximum Gasteiger partial charge on any atom is 0.224 e. The molecule has 0 bridgehead atoms. The third kappa shape index (κ3) is 4.50. The highest BCUT2D eigenvalue weighted by atomic mass is 32.1. The highest BCUT2D eigenvalue weighted by Crippen LogP contribution is 1.95. The maximum atomic E-state index is 11.1. The Bertz CT molecular complexity index is 350. The van der Waals surface area contributed by atoms with Crippen LogP contribution in [0.3, 0.4) is 0 Å². The molecule has 1 rings (SSSR count). The molecule has 0 aromatic carbocycles. The molecule has 1 aromatic rings. The van der Waals surface area contributed by atoms with Crippen LogP contribution in [0.2, 0.25) is 0 Å². The molecule has 0 atom stereocenters. The predicted molar refractivity (Wildman–Crippen MR) is 66.3 cm³/mol. The summed E-state index contributed by atoms with van der Waals surface area (Å²) in [5.41, 5.74) is 6.40. The summed E-state index contributed by atoms with van der Waals surface area (Å²) in [7, 11) is 0. The number of imidazole rings is 1. The number of hydrogen-bond donors (Lipinski definition) is 2. The van der Waals surface area contributed by atoms with E-state index in [2.05, 4.69) is 22.5 Å². The molecule has 0 saturated carbocycles. The van der Waals surface area contributed by atoms with Crippen molar-refractivity contribution in [1.29, 1.82) is 0 Å². The number of nitrogens with zero attached hydrogens (tertiary/aromatic N) is 2. The van der Waals surface area contributed by atoms with Gasteiger partial charge in [0, 0.05) is 25.7 Å². The molecule has 1 amide bonds. The van der Waals surface area contributed by atoms with Gasteiger partial charge in [0.1, 0.15) is 0 Å². The lowest BCUT2D eigenvalue weighted by Crippen LogP contribution is -2.26. The molecular formula is C10H16N4OS. The summed E-state index contributed by atoms with van der Waals surface area (Å²) >= 11 is 4.59. The van der Waals surface area contributed by atoms with Gasteiger partial charge in [-0.2, -0.15) is 0 Å². The van der Waals surface area contributed by atoms with E-state index in [1.165, 1.54) is 5.37 Å². The summed E-state index contributed by atoms with van der Waals surface area (Å²) in [6, 6.07) is 0. The van der Waals surface area contributed by atoms with Crippen molar-refractivity contribution in [1.82, 2.24) is 14.9 Å². The van der Waals surface area contributed by atoms with Crippen LogP contribution in [0, 0.1) is 0 Å². The van der Waals surface area contributed by atoms with Crippen LogP contribution in [0.25, 0.3) is 0 Å². The topological polar surface area (TPSA) is 72.9 Å². The lowest BCUT2D eigenvalue weighted by molar-refractivity contribution is -0.119. The zero-order chi connectivity index (χ0) is 11.8. The van der Waals surface area contributed by atoms with Crippen LogP contribution in [0.4, 0.5) is 0 Å². The van der Waals surface area contributed by atoms with Crippen LogP contribution in [-0.4, -0.2) is 33.9 Å². The van der Waals surface area contributed by atoms with E-state index in [4.69, 9.17) is 5.73 Å². The van der Waals surface area contributed by atoms with Gasteiger partial charge in [0.2, 0.25) is 5.91 Å². The molecule has 6 heteroatoms. The average Bonchev–Trinajstić information content (AvgIpc) is 2.67. The summed E-state index contributed by atoms with van der Waals surface area (Å²) in [6.45, 7) is 1.89. The number of nitrogens with two attached hydrogens (primary N) is 1. The van der Waals surface area contributed by atoms with Gasteiger partial charge in [-0.15, -0.1) is 0 Å². The molecule has 3 N–H and O–H groups in total. The van der Waals surface area contributed by atoms with E-state index in [-0.39, 0.29) is 12.3 Å². The number of carbonyl (C=O) groups excluding carboxylic acids is 1. The molecule has 0 fully saturated rings. The highest BCUT2D eigenvalue weighted by molar-refractivity contribution is 7.79. The molecule has 16 heavy (non-hydrogen) atoms. The third-order valence-electron chi connectivity index (χ3n) is 2.05. The van der Waals surface area contributed by atoms with E-state index < -0.39 is 0 Å². The second-order valence-electron chi connectivity index (χ2n) is 3.36. The van der Waals surface area contributed by atoms with Crippen LogP contribution < -0.4 is 11.1 Å². The number of rotatable bonds is 7. The van der Waals surface area contributed by atoms with E-state index in [0.717, 1.165) is 12.1 Å². The van der Waals surface area contributed by atoms with Gasteiger partial charge in [-0.1, -0.05) is 12.2 Å². The lowest BCUT2D eigenvalue weighted by Gasteiger charge is -2.03. The monoisotopic (exact) mass is 240 g/mol. The van der Waals surface area contributed by atoms with E-state index in [1.54, 1.807) is 6.33 Å². The molecule has 0 aliphatic carbocycles. The quantitative estimate of drug-likeness (QED) is 0.652. The molecule has 0 aliphatic rings. The first kappa shape index (κ1) is 12.8. The van der Waals surface area contributed by atoms with Crippen molar-refractivity contribution in [3.8, 4) is 0 Å². The van der Waals surface area contributed by atoms with E-state index >= 15 is 0 Å². The number of nitrogens with one attached hydrogen (secondary N) is 1. The Morgan fingerprint density at radius 1 is 1.69 bits per heavy atom. The summed E-state index contributed by atoms with van der Waals surface area (Å²) in [6.07, 6.45) is 4.76. The van der Waals surface area contributed by atoms with Crippen molar-refractivity contribution >= 4 is 23.5 Å². The Kier molecular flexibility index (Phi) is 5.66. The zero-order valence-corrected chi connectivity index (χ0v) is 9.87. The molecule has 0 saturated heterocycles. The van der Waals surface area contributed by atoms with Gasteiger partial charge in [-0.05, 0) is 11.9 Å². The molecule has 0 unspecified atom stereocenters. The van der Waals surface area contributed by atoms with Gasteiger partial charge in [0.05, 0.1) is 18.4 Å². The van der Waals surface area contributed by atoms with E-state index in [1.807, 2.05) is 10.8 Å². The Balaban J connectivity index is 2.26. The first-order valence-electron chi connectivity index (χ1n) is 5.17. The minimum atomic E-state index is -0.0442. The first-order valence-corrected chi connectivity index (χ1v) is 5.64. The highest BCUT2D eigenvalue weighted by Gasteiger charge is 1.99. The molecule has 0 aliphatic heterocycles. The van der Waals surface area contributed by atoms with Gasteiger partial charge in [-0.25, -0.2) is 4.98 Å². The third-order valence-corrected chi connectivity index (χ3v) is 2.21. The largest absolute Gasteiger partial charge is 0.354 e. The second kappa shape index (κ2) is 7.08. The Morgan fingerprint density at radius 3 is 3.19 bits per heavy atom. The Morgan fingerprint density at radius 2 is 2.50 bits per heavy atom. The lowest BCUT2D eigenvalue weighted by atomic mass is 10.3. The average molecular weight is 240 g/mol. The Hall–Kier alpha value is -1.27. The number of hydrogen-bond acceptors (Lipinski definition) is 4. The van der Waals surface area contributed by atoms with Crippen molar-refractivity contribution in [2.75, 3.05) is 13.1 Å². The van der Waals surface area contributed by atoms with Gasteiger partial charge in [-0.3, -0.25) is 4.79 Å². The fourth-order valence-electron chi connectivity index (χ4n) is 1.28. The summed E-state index contributed by atoms with van der Waals surface area (Å²) in [5.74, 6) is -0.0442. The molecule has 1 aromatic heterocycles. The molecule has 0 spiro atoms. The van der Waals surface area contributed by atoms with Crippen molar-refractivity contribution < 1.29 is 4.79 Å². The first-order chi connectivity index (χ1) is 7.76. The van der Waals surface area contributed by atoms with Crippen LogP contribution in [0.15, 0.2) is 12.5 Å². The minimum Gasteiger partial charge on any atom is -0.354 e. The summed E-state index contributed by atoms with van der Waals surface area (Å²) in [4.78, 5) is 15.3. The SMILES string of the molecule is NCCc1cn(CCNC(=O)CC=S)cn1. The maximum absolute atomic E-state index is 11.1. The molecular weight excluding hydrogens is 224 g/mol. The standard InChI is InChI=1S/C10H16N4OS/c11-3-1-9-7-14(8-13-9)5-4-12-10(15)2-6-16/h6-8H,1-5,11H2,(H,12,15). The van der Waals surface area contributed by atoms with Crippen LogP contribution in [0.1, 0.15) is 12.1 Å². The smallest absolute Gasteiger partial charge is 0.224 e. The van der Waals surface area contributed by atoms with Gasteiger partial charge in [0.15, 0.2) is 0 Å². The van der Waals surface area contributed by atoms with Crippen molar-refractivity contribution in [2.24, 2.45) is 5.73 Å². The minimum absolute atomic E-state index is 0.0442. The number of amides is 1. The molecule has 1 heterocycles. The van der Waals surface area contributed by atoms with Gasteiger partial charge >= 0.3 is 0 Å². The molecule has 0 radical (unpaired) electrons. The number of thiocarbonyl (C=S) groups is 1. The van der Waals surface area contributed by atoms with Gasteiger partial charge in [0.25, 0.3) is 0 Å². The van der Waals surface area contributed by atoms with E-state index in [0.29, 0.717) is 19.6 Å². The van der Waals surface area contributed by atoms with Crippen LogP contribution in [0.5, 0.6) is 0 Å². The van der Waals surface area contributed by atoms with Crippen molar-refractivity contribution in [3.63, 3.8) is 0 Å². The van der Waals surface area contributed by atoms with Crippen molar-refractivity contribution in [3.05, 3.63) is 18.2 Å². The van der Waals surface area contributed by atoms with Crippen LogP contribution in [-0.2, 0) is 17.8 Å².